The van der Waals surface area contributed by atoms with Crippen molar-refractivity contribution in [3.8, 4) is 0 Å². The quantitative estimate of drug-likeness (QED) is 0.753. The third kappa shape index (κ3) is 1.99. The first-order valence-corrected chi connectivity index (χ1v) is 5.02. The molecular weight excluding hydrogens is 184 g/mol. The van der Waals surface area contributed by atoms with Crippen molar-refractivity contribution in [3.63, 3.8) is 0 Å². The van der Waals surface area contributed by atoms with Crippen LogP contribution in [0, 0.1) is 0 Å². The van der Waals surface area contributed by atoms with Gasteiger partial charge in [-0.3, -0.25) is 0 Å². The van der Waals surface area contributed by atoms with E-state index in [4.69, 9.17) is 0 Å². The monoisotopic (exact) mass is 198 g/mol. The number of nitrogens with zero attached hydrogens (tertiary/aromatic N) is 1. The largest absolute Gasteiger partial charge is 0.346 e. The van der Waals surface area contributed by atoms with Crippen LogP contribution in [-0.2, 0) is 6.42 Å². The molecule has 0 spiro atoms. The molecule has 2 aromatic rings. The third-order valence-electron chi connectivity index (χ3n) is 2.36. The van der Waals surface area contributed by atoms with Crippen molar-refractivity contribution in [3.05, 3.63) is 54.4 Å². The number of fused-ring (bicyclic) bond motifs is 1. The van der Waals surface area contributed by atoms with Crippen LogP contribution in [0.3, 0.4) is 0 Å². The zero-order valence-corrected chi connectivity index (χ0v) is 8.83. The van der Waals surface area contributed by atoms with E-state index in [-0.39, 0.29) is 0 Å². The number of pyridine rings is 1. The molecule has 0 aliphatic carbocycles. The molecule has 0 aliphatic rings. The maximum Gasteiger partial charge on any atom is 0.137 e. The molecule has 0 radical (unpaired) electrons. The van der Waals surface area contributed by atoms with Gasteiger partial charge in [0, 0.05) is 17.8 Å². The van der Waals surface area contributed by atoms with Gasteiger partial charge >= 0.3 is 0 Å². The van der Waals surface area contributed by atoms with Crippen LogP contribution in [0.1, 0.15) is 12.5 Å². The molecule has 2 rings (SSSR count). The zero-order valence-electron chi connectivity index (χ0n) is 8.83. The van der Waals surface area contributed by atoms with Crippen molar-refractivity contribution >= 4 is 11.0 Å². The maximum atomic E-state index is 4.25. The van der Waals surface area contributed by atoms with Crippen molar-refractivity contribution in [1.29, 1.82) is 0 Å². The molecule has 2 heteroatoms. The van der Waals surface area contributed by atoms with Crippen LogP contribution in [0.2, 0.25) is 0 Å². The Morgan fingerprint density at radius 3 is 3.27 bits per heavy atom. The molecule has 0 atom stereocenters. The molecule has 0 unspecified atom stereocenters. The summed E-state index contributed by atoms with van der Waals surface area (Å²) in [6, 6.07) is 4.04. The molecule has 0 bridgehead atoms. The Labute approximate surface area is 89.4 Å². The van der Waals surface area contributed by atoms with Crippen LogP contribution in [0.25, 0.3) is 11.0 Å². The number of aromatic nitrogens is 2. The lowest BCUT2D eigenvalue weighted by Gasteiger charge is -1.98. The van der Waals surface area contributed by atoms with Gasteiger partial charge in [0.2, 0.25) is 0 Å². The van der Waals surface area contributed by atoms with Crippen molar-refractivity contribution in [1.82, 2.24) is 9.97 Å². The van der Waals surface area contributed by atoms with Gasteiger partial charge < -0.3 is 4.98 Å². The molecule has 0 fully saturated rings. The molecule has 15 heavy (non-hydrogen) atoms. The Hall–Kier alpha value is -1.83. The van der Waals surface area contributed by atoms with Gasteiger partial charge in [0.15, 0.2) is 0 Å². The second-order valence-corrected chi connectivity index (χ2v) is 3.55. The van der Waals surface area contributed by atoms with E-state index in [0.29, 0.717) is 0 Å². The van der Waals surface area contributed by atoms with Crippen LogP contribution >= 0.6 is 0 Å². The van der Waals surface area contributed by atoms with Gasteiger partial charge in [0.05, 0.1) is 0 Å². The molecule has 0 amide bonds. The first kappa shape index (κ1) is 9.71. The molecule has 0 aliphatic heterocycles. The number of rotatable bonds is 3. The minimum absolute atomic E-state index is 0.871. The number of aromatic amines is 1. The van der Waals surface area contributed by atoms with E-state index >= 15 is 0 Å². The molecule has 2 heterocycles. The van der Waals surface area contributed by atoms with Crippen molar-refractivity contribution in [2.45, 2.75) is 13.3 Å². The Balaban J connectivity index is 2.32. The summed E-state index contributed by atoms with van der Waals surface area (Å²) in [6.07, 6.45) is 8.72. The summed E-state index contributed by atoms with van der Waals surface area (Å²) >= 11 is 0. The normalized spacial score (nSPS) is 11.3. The molecule has 1 N–H and O–H groups in total. The molecule has 0 saturated carbocycles. The third-order valence-corrected chi connectivity index (χ3v) is 2.36. The van der Waals surface area contributed by atoms with Gasteiger partial charge in [0.25, 0.3) is 0 Å². The van der Waals surface area contributed by atoms with Crippen LogP contribution in [0.4, 0.5) is 0 Å². The molecule has 2 nitrogen and oxygen atoms in total. The van der Waals surface area contributed by atoms with Crippen molar-refractivity contribution < 1.29 is 0 Å². The van der Waals surface area contributed by atoms with Gasteiger partial charge in [-0.05, 0) is 31.0 Å². The number of hydrogen-bond donors (Lipinski definition) is 1. The summed E-state index contributed by atoms with van der Waals surface area (Å²) in [5.74, 6) is 0. The van der Waals surface area contributed by atoms with Crippen LogP contribution in [-0.4, -0.2) is 9.97 Å². The highest BCUT2D eigenvalue weighted by Crippen LogP contribution is 2.18. The van der Waals surface area contributed by atoms with Crippen molar-refractivity contribution in [2.24, 2.45) is 0 Å². The highest BCUT2D eigenvalue weighted by atomic mass is 14.8. The highest BCUT2D eigenvalue weighted by Gasteiger charge is 2.03. The molecule has 76 valence electrons. The maximum absolute atomic E-state index is 4.25. The average molecular weight is 198 g/mol. The molecule has 2 aromatic heterocycles. The SMILES string of the molecule is C=C(/C=C\C)Cc1c[nH]c2ncccc12. The smallest absolute Gasteiger partial charge is 0.137 e. The summed E-state index contributed by atoms with van der Waals surface area (Å²) in [7, 11) is 0. The van der Waals surface area contributed by atoms with Gasteiger partial charge in [-0.1, -0.05) is 24.3 Å². The minimum Gasteiger partial charge on any atom is -0.346 e. The summed E-state index contributed by atoms with van der Waals surface area (Å²) < 4.78 is 0. The van der Waals surface area contributed by atoms with Crippen molar-refractivity contribution in [2.75, 3.05) is 0 Å². The van der Waals surface area contributed by atoms with Crippen LogP contribution < -0.4 is 0 Å². The van der Waals surface area contributed by atoms with Crippen LogP contribution in [0.15, 0.2) is 48.8 Å². The van der Waals surface area contributed by atoms with E-state index in [9.17, 15) is 0 Å². The number of H-pyrrole nitrogens is 1. The Bertz CT molecular complexity index is 506. The Morgan fingerprint density at radius 2 is 2.47 bits per heavy atom. The predicted octanol–water partition coefficient (Wildman–Crippen LogP) is 3.24. The van der Waals surface area contributed by atoms with Crippen LogP contribution in [0.5, 0.6) is 0 Å². The number of allylic oxidation sites excluding steroid dienone is 3. The highest BCUT2D eigenvalue weighted by molar-refractivity contribution is 5.79. The molecule has 0 aromatic carbocycles. The standard InChI is InChI=1S/C13H14N2/c1-3-5-10(2)8-11-9-15-13-12(11)6-4-7-14-13/h3-7,9H,2,8H2,1H3,(H,14,15)/b5-3-. The van der Waals surface area contributed by atoms with E-state index in [0.717, 1.165) is 17.6 Å². The fourth-order valence-corrected chi connectivity index (χ4v) is 1.70. The number of nitrogens with one attached hydrogen (secondary N) is 1. The summed E-state index contributed by atoms with van der Waals surface area (Å²) in [4.78, 5) is 7.41. The minimum atomic E-state index is 0.871. The molecular formula is C13H14N2. The molecule has 0 saturated heterocycles. The first-order valence-electron chi connectivity index (χ1n) is 5.02. The lowest BCUT2D eigenvalue weighted by Crippen LogP contribution is -1.84. The van der Waals surface area contributed by atoms with Gasteiger partial charge in [-0.25, -0.2) is 4.98 Å². The Kier molecular flexibility index (Phi) is 2.68. The van der Waals surface area contributed by atoms with E-state index < -0.39 is 0 Å². The lowest BCUT2D eigenvalue weighted by molar-refractivity contribution is 1.22. The van der Waals surface area contributed by atoms with Gasteiger partial charge in [-0.2, -0.15) is 0 Å². The first-order chi connectivity index (χ1) is 7.31. The summed E-state index contributed by atoms with van der Waals surface area (Å²) in [5.41, 5.74) is 3.31. The fourth-order valence-electron chi connectivity index (χ4n) is 1.70. The number of hydrogen-bond acceptors (Lipinski definition) is 1. The topological polar surface area (TPSA) is 28.7 Å². The summed E-state index contributed by atoms with van der Waals surface area (Å²) in [5, 5.41) is 1.18. The summed E-state index contributed by atoms with van der Waals surface area (Å²) in [6.45, 7) is 6.01. The van der Waals surface area contributed by atoms with Gasteiger partial charge in [-0.15, -0.1) is 0 Å². The lowest BCUT2D eigenvalue weighted by atomic mass is 10.1. The van der Waals surface area contributed by atoms with E-state index in [1.165, 1.54) is 10.9 Å². The second-order valence-electron chi connectivity index (χ2n) is 3.55. The van der Waals surface area contributed by atoms with E-state index in [2.05, 4.69) is 22.6 Å². The van der Waals surface area contributed by atoms with E-state index in [1.807, 2.05) is 31.3 Å². The Morgan fingerprint density at radius 1 is 1.60 bits per heavy atom. The zero-order chi connectivity index (χ0) is 10.7. The van der Waals surface area contributed by atoms with Gasteiger partial charge in [0.1, 0.15) is 5.65 Å². The predicted molar refractivity (Wildman–Crippen MR) is 63.8 cm³/mol. The van der Waals surface area contributed by atoms with E-state index in [1.54, 1.807) is 6.20 Å². The fraction of sp³-hybridized carbons (Fsp3) is 0.154. The second kappa shape index (κ2) is 4.13. The average Bonchev–Trinajstić information content (AvgIpc) is 2.62.